The molecule has 0 aromatic rings. The second-order valence-electron chi connectivity index (χ2n) is 7.87. The summed E-state index contributed by atoms with van der Waals surface area (Å²) in [6, 6.07) is 0. The molecule has 0 radical (unpaired) electrons. The fourth-order valence-electron chi connectivity index (χ4n) is 2.59. The van der Waals surface area contributed by atoms with Crippen molar-refractivity contribution in [2.75, 3.05) is 0 Å². The van der Waals surface area contributed by atoms with E-state index in [2.05, 4.69) is 34.6 Å². The van der Waals surface area contributed by atoms with Crippen LogP contribution >= 0.6 is 0 Å². The molecule has 2 nitrogen and oxygen atoms in total. The molecule has 0 amide bonds. The quantitative estimate of drug-likeness (QED) is 0.443. The number of aliphatic carboxylic acids is 1. The highest BCUT2D eigenvalue weighted by atomic mass is 16.4. The van der Waals surface area contributed by atoms with Gasteiger partial charge < -0.3 is 5.11 Å². The van der Waals surface area contributed by atoms with Crippen LogP contribution in [0.15, 0.2) is 0 Å². The highest BCUT2D eigenvalue weighted by Crippen LogP contribution is 2.29. The van der Waals surface area contributed by atoms with Gasteiger partial charge in [0.25, 0.3) is 0 Å². The number of carbonyl (C=O) groups is 1. The van der Waals surface area contributed by atoms with Gasteiger partial charge in [-0.2, -0.15) is 0 Å². The lowest BCUT2D eigenvalue weighted by Crippen LogP contribution is -2.16. The first kappa shape index (κ1) is 19.5. The summed E-state index contributed by atoms with van der Waals surface area (Å²) in [7, 11) is 0. The van der Waals surface area contributed by atoms with Crippen molar-refractivity contribution >= 4 is 5.97 Å². The van der Waals surface area contributed by atoms with Crippen LogP contribution < -0.4 is 0 Å². The van der Waals surface area contributed by atoms with E-state index in [0.29, 0.717) is 11.8 Å². The fraction of sp³-hybridized carbons (Fsp3) is 0.944. The summed E-state index contributed by atoms with van der Waals surface area (Å²) in [5, 5.41) is 8.83. The van der Waals surface area contributed by atoms with Crippen molar-refractivity contribution < 1.29 is 9.90 Å². The van der Waals surface area contributed by atoms with Crippen molar-refractivity contribution in [1.82, 2.24) is 0 Å². The van der Waals surface area contributed by atoms with Gasteiger partial charge in [-0.1, -0.05) is 79.6 Å². The summed E-state index contributed by atoms with van der Waals surface area (Å²) in [6.45, 7) is 11.1. The molecule has 0 unspecified atom stereocenters. The van der Waals surface area contributed by atoms with Gasteiger partial charge in [-0.15, -0.1) is 0 Å². The topological polar surface area (TPSA) is 37.3 Å². The molecule has 0 aliphatic carbocycles. The molecule has 0 atom stereocenters. The third-order valence-corrected chi connectivity index (χ3v) is 4.54. The van der Waals surface area contributed by atoms with Crippen molar-refractivity contribution in [3.05, 3.63) is 0 Å². The molecule has 20 heavy (non-hydrogen) atoms. The van der Waals surface area contributed by atoms with Crippen LogP contribution in [-0.2, 0) is 4.79 Å². The van der Waals surface area contributed by atoms with E-state index in [1.54, 1.807) is 0 Å². The molecule has 120 valence electrons. The molecule has 0 saturated carbocycles. The molecule has 0 bridgehead atoms. The Bertz CT molecular complexity index is 267. The molecule has 0 aliphatic heterocycles. The van der Waals surface area contributed by atoms with E-state index in [4.69, 9.17) is 5.11 Å². The molecular formula is C18H36O2. The van der Waals surface area contributed by atoms with Crippen LogP contribution in [0.3, 0.4) is 0 Å². The van der Waals surface area contributed by atoms with Crippen LogP contribution in [0, 0.1) is 10.8 Å². The van der Waals surface area contributed by atoms with Crippen molar-refractivity contribution in [3.8, 4) is 0 Å². The molecule has 0 aliphatic rings. The second-order valence-corrected chi connectivity index (χ2v) is 7.87. The van der Waals surface area contributed by atoms with Crippen LogP contribution in [0.4, 0.5) is 0 Å². The lowest BCUT2D eigenvalue weighted by atomic mass is 9.83. The lowest BCUT2D eigenvalue weighted by molar-refractivity contribution is -0.139. The maximum Gasteiger partial charge on any atom is 0.303 e. The van der Waals surface area contributed by atoms with Gasteiger partial charge in [-0.25, -0.2) is 0 Å². The number of unbranched alkanes of at least 4 members (excludes halogenated alkanes) is 5. The Labute approximate surface area is 126 Å². The van der Waals surface area contributed by atoms with E-state index in [1.807, 2.05) is 0 Å². The predicted octanol–water partition coefficient (Wildman–Crippen LogP) is 6.04. The number of rotatable bonds is 12. The molecular weight excluding hydrogens is 248 g/mol. The monoisotopic (exact) mass is 284 g/mol. The van der Waals surface area contributed by atoms with Gasteiger partial charge in [-0.05, 0) is 23.7 Å². The van der Waals surface area contributed by atoms with Crippen molar-refractivity contribution in [1.29, 1.82) is 0 Å². The van der Waals surface area contributed by atoms with E-state index in [0.717, 1.165) is 6.42 Å². The van der Waals surface area contributed by atoms with Crippen LogP contribution in [0.2, 0.25) is 0 Å². The minimum atomic E-state index is -0.673. The van der Waals surface area contributed by atoms with Crippen molar-refractivity contribution in [3.63, 3.8) is 0 Å². The predicted molar refractivity (Wildman–Crippen MR) is 87.0 cm³/mol. The average molecular weight is 284 g/mol. The van der Waals surface area contributed by atoms with Crippen molar-refractivity contribution in [2.24, 2.45) is 10.8 Å². The zero-order valence-corrected chi connectivity index (χ0v) is 14.4. The molecule has 2 heteroatoms. The summed E-state index contributed by atoms with van der Waals surface area (Å²) >= 11 is 0. The van der Waals surface area contributed by atoms with Gasteiger partial charge >= 0.3 is 5.97 Å². The summed E-state index contributed by atoms with van der Waals surface area (Å²) in [5.41, 5.74) is 0.470. The molecule has 0 fully saturated rings. The molecule has 0 saturated heterocycles. The molecule has 0 heterocycles. The first-order chi connectivity index (χ1) is 9.18. The van der Waals surface area contributed by atoms with Gasteiger partial charge in [0.2, 0.25) is 0 Å². The van der Waals surface area contributed by atoms with Crippen LogP contribution in [0.5, 0.6) is 0 Å². The molecule has 0 aromatic carbocycles. The summed E-state index contributed by atoms with van der Waals surface area (Å²) in [4.78, 5) is 10.7. The molecule has 0 aromatic heterocycles. The van der Waals surface area contributed by atoms with Gasteiger partial charge in [0.1, 0.15) is 0 Å². The van der Waals surface area contributed by atoms with E-state index in [1.165, 1.54) is 51.4 Å². The Balaban J connectivity index is 3.48. The summed E-state index contributed by atoms with van der Waals surface area (Å²) in [6.07, 6.45) is 11.7. The van der Waals surface area contributed by atoms with E-state index in [-0.39, 0.29) is 5.41 Å². The zero-order chi connectivity index (χ0) is 15.6. The summed E-state index contributed by atoms with van der Waals surface area (Å²) < 4.78 is 0. The Hall–Kier alpha value is -0.530. The minimum absolute atomic E-state index is 0.0447. The maximum absolute atomic E-state index is 10.7. The van der Waals surface area contributed by atoms with E-state index in [9.17, 15) is 4.79 Å². The van der Waals surface area contributed by atoms with Gasteiger partial charge in [0.05, 0.1) is 6.42 Å². The third-order valence-electron chi connectivity index (χ3n) is 4.54. The minimum Gasteiger partial charge on any atom is -0.481 e. The average Bonchev–Trinajstić information content (AvgIpc) is 2.30. The standard InChI is InChI=1S/C18H36O2/c1-6-17(2,3)13-11-9-7-8-10-12-14-18(4,5)15-16(19)20/h6-15H2,1-5H3,(H,19,20). The third kappa shape index (κ3) is 11.3. The second kappa shape index (κ2) is 9.41. The first-order valence-corrected chi connectivity index (χ1v) is 8.40. The van der Waals surface area contributed by atoms with Gasteiger partial charge in [0.15, 0.2) is 0 Å². The highest BCUT2D eigenvalue weighted by Gasteiger charge is 2.20. The lowest BCUT2D eigenvalue weighted by Gasteiger charge is -2.22. The summed E-state index contributed by atoms with van der Waals surface area (Å²) in [5.74, 6) is -0.673. The number of hydrogen-bond acceptors (Lipinski definition) is 1. The number of carboxylic acids is 1. The van der Waals surface area contributed by atoms with Crippen LogP contribution in [0.25, 0.3) is 0 Å². The normalized spacial score (nSPS) is 12.7. The highest BCUT2D eigenvalue weighted by molar-refractivity contribution is 5.67. The molecule has 0 spiro atoms. The Morgan fingerprint density at radius 3 is 1.60 bits per heavy atom. The SMILES string of the molecule is CCC(C)(C)CCCCCCCCC(C)(C)CC(=O)O. The van der Waals surface area contributed by atoms with Crippen LogP contribution in [0.1, 0.15) is 98.8 Å². The smallest absolute Gasteiger partial charge is 0.303 e. The Morgan fingerprint density at radius 1 is 0.800 bits per heavy atom. The Morgan fingerprint density at radius 2 is 1.20 bits per heavy atom. The molecule has 1 N–H and O–H groups in total. The van der Waals surface area contributed by atoms with Gasteiger partial charge in [0, 0.05) is 0 Å². The molecule has 0 rings (SSSR count). The first-order valence-electron chi connectivity index (χ1n) is 8.40. The number of hydrogen-bond donors (Lipinski definition) is 1. The van der Waals surface area contributed by atoms with Crippen molar-refractivity contribution in [2.45, 2.75) is 98.8 Å². The maximum atomic E-state index is 10.7. The zero-order valence-electron chi connectivity index (χ0n) is 14.4. The van der Waals surface area contributed by atoms with E-state index < -0.39 is 5.97 Å². The Kier molecular flexibility index (Phi) is 9.16. The number of carboxylic acid groups (broad SMARTS) is 1. The van der Waals surface area contributed by atoms with Gasteiger partial charge in [-0.3, -0.25) is 4.79 Å². The van der Waals surface area contributed by atoms with Crippen LogP contribution in [-0.4, -0.2) is 11.1 Å². The fourth-order valence-corrected chi connectivity index (χ4v) is 2.59. The van der Waals surface area contributed by atoms with E-state index >= 15 is 0 Å². The largest absolute Gasteiger partial charge is 0.481 e.